The molecule has 0 unspecified atom stereocenters. The molecule has 0 saturated carbocycles. The van der Waals surface area contributed by atoms with Crippen LogP contribution in [0.3, 0.4) is 0 Å². The summed E-state index contributed by atoms with van der Waals surface area (Å²) in [6, 6.07) is 10.8. The van der Waals surface area contributed by atoms with Crippen molar-refractivity contribution in [2.45, 2.75) is 12.4 Å². The molecule has 0 spiro atoms. The lowest BCUT2D eigenvalue weighted by molar-refractivity contribution is 0.629. The summed E-state index contributed by atoms with van der Waals surface area (Å²) in [5.41, 5.74) is 2.41. The Kier molecular flexibility index (Phi) is 4.20. The van der Waals surface area contributed by atoms with Crippen molar-refractivity contribution in [1.29, 1.82) is 0 Å². The molecule has 0 N–H and O–H groups in total. The topological polar surface area (TPSA) is 17.8 Å². The maximum Gasteiger partial charge on any atom is 0.144 e. The van der Waals surface area contributed by atoms with Gasteiger partial charge in [0.2, 0.25) is 0 Å². The van der Waals surface area contributed by atoms with E-state index in [1.807, 2.05) is 28.8 Å². The molecule has 1 heterocycles. The minimum absolute atomic E-state index is 0.0805. The summed E-state index contributed by atoms with van der Waals surface area (Å²) in [5.74, 6) is 0.457. The predicted molar refractivity (Wildman–Crippen MR) is 87.5 cm³/mol. The molecule has 0 aliphatic rings. The maximum atomic E-state index is 13.6. The van der Waals surface area contributed by atoms with E-state index in [2.05, 4.69) is 20.9 Å². The van der Waals surface area contributed by atoms with Gasteiger partial charge >= 0.3 is 0 Å². The van der Waals surface area contributed by atoms with Crippen molar-refractivity contribution in [3.05, 3.63) is 63.1 Å². The van der Waals surface area contributed by atoms with Gasteiger partial charge in [0.05, 0.1) is 28.5 Å². The Hall–Kier alpha value is -1.10. The third-order valence-corrected chi connectivity index (χ3v) is 4.58. The standard InChI is InChI=1S/C15H10BrCl2FN2/c16-10-4-2-1-3-9(10)8-21-14-5-11(18)12(19)6-13(14)20-15(21)7-17/h1-6H,7-8H2. The van der Waals surface area contributed by atoms with Gasteiger partial charge in [0, 0.05) is 10.5 Å². The van der Waals surface area contributed by atoms with Gasteiger partial charge in [0.1, 0.15) is 11.6 Å². The summed E-state index contributed by atoms with van der Waals surface area (Å²) in [5, 5.41) is 0.0805. The molecule has 6 heteroatoms. The highest BCUT2D eigenvalue weighted by Crippen LogP contribution is 2.26. The number of alkyl halides is 1. The molecule has 0 atom stereocenters. The van der Waals surface area contributed by atoms with Crippen LogP contribution in [0.1, 0.15) is 11.4 Å². The second-order valence-corrected chi connectivity index (χ2v) is 6.12. The van der Waals surface area contributed by atoms with Crippen molar-refractivity contribution in [2.75, 3.05) is 0 Å². The van der Waals surface area contributed by atoms with Crippen LogP contribution in [0.5, 0.6) is 0 Å². The van der Waals surface area contributed by atoms with E-state index >= 15 is 0 Å². The highest BCUT2D eigenvalue weighted by molar-refractivity contribution is 9.10. The molecule has 0 aliphatic heterocycles. The quantitative estimate of drug-likeness (QED) is 0.551. The van der Waals surface area contributed by atoms with Gasteiger partial charge in [-0.15, -0.1) is 11.6 Å². The Labute approximate surface area is 139 Å². The summed E-state index contributed by atoms with van der Waals surface area (Å²) >= 11 is 15.4. The van der Waals surface area contributed by atoms with Crippen LogP contribution in [0.15, 0.2) is 40.9 Å². The van der Waals surface area contributed by atoms with E-state index in [0.717, 1.165) is 15.6 Å². The van der Waals surface area contributed by atoms with Gasteiger partial charge in [-0.25, -0.2) is 9.37 Å². The second-order valence-electron chi connectivity index (χ2n) is 4.59. The lowest BCUT2D eigenvalue weighted by atomic mass is 10.2. The molecule has 0 bridgehead atoms. The van der Waals surface area contributed by atoms with E-state index in [0.29, 0.717) is 17.9 Å². The smallest absolute Gasteiger partial charge is 0.144 e. The first kappa shape index (κ1) is 14.8. The van der Waals surface area contributed by atoms with Crippen molar-refractivity contribution in [3.8, 4) is 0 Å². The first-order valence-electron chi connectivity index (χ1n) is 6.23. The molecule has 0 saturated heterocycles. The first-order valence-corrected chi connectivity index (χ1v) is 7.94. The monoisotopic (exact) mass is 386 g/mol. The molecule has 2 aromatic carbocycles. The predicted octanol–water partition coefficient (Wildman–Crippen LogP) is 5.38. The number of benzene rings is 2. The third-order valence-electron chi connectivity index (χ3n) is 3.28. The molecule has 108 valence electrons. The Bertz CT molecular complexity index is 817. The lowest BCUT2D eigenvalue weighted by Crippen LogP contribution is -2.04. The van der Waals surface area contributed by atoms with Gasteiger partial charge in [-0.2, -0.15) is 0 Å². The molecule has 1 aromatic heterocycles. The van der Waals surface area contributed by atoms with Crippen molar-refractivity contribution in [2.24, 2.45) is 0 Å². The summed E-state index contributed by atoms with van der Waals surface area (Å²) in [6.45, 7) is 0.585. The molecular formula is C15H10BrCl2FN2. The van der Waals surface area contributed by atoms with E-state index in [9.17, 15) is 4.39 Å². The van der Waals surface area contributed by atoms with Crippen LogP contribution >= 0.6 is 39.1 Å². The number of rotatable bonds is 3. The van der Waals surface area contributed by atoms with E-state index in [1.165, 1.54) is 6.07 Å². The number of hydrogen-bond acceptors (Lipinski definition) is 1. The van der Waals surface area contributed by atoms with Gasteiger partial charge in [-0.1, -0.05) is 45.7 Å². The van der Waals surface area contributed by atoms with Gasteiger partial charge in [0.25, 0.3) is 0 Å². The zero-order chi connectivity index (χ0) is 15.0. The van der Waals surface area contributed by atoms with E-state index in [1.54, 1.807) is 6.07 Å². The summed E-state index contributed by atoms with van der Waals surface area (Å²) in [4.78, 5) is 4.38. The van der Waals surface area contributed by atoms with Gasteiger partial charge in [-0.05, 0) is 17.7 Å². The molecule has 0 aliphatic carbocycles. The Balaban J connectivity index is 2.16. The van der Waals surface area contributed by atoms with Crippen LogP contribution in [0.2, 0.25) is 5.02 Å². The fourth-order valence-electron chi connectivity index (χ4n) is 2.25. The van der Waals surface area contributed by atoms with Crippen LogP contribution in [-0.2, 0) is 12.4 Å². The van der Waals surface area contributed by atoms with Crippen molar-refractivity contribution < 1.29 is 4.39 Å². The van der Waals surface area contributed by atoms with E-state index in [4.69, 9.17) is 23.2 Å². The number of nitrogens with zero attached hydrogens (tertiary/aromatic N) is 2. The minimum Gasteiger partial charge on any atom is -0.322 e. The largest absolute Gasteiger partial charge is 0.322 e. The molecule has 2 nitrogen and oxygen atoms in total. The number of hydrogen-bond donors (Lipinski definition) is 0. The van der Waals surface area contributed by atoms with Crippen molar-refractivity contribution >= 4 is 50.2 Å². The van der Waals surface area contributed by atoms with Gasteiger partial charge < -0.3 is 4.57 Å². The summed E-state index contributed by atoms with van der Waals surface area (Å²) in [7, 11) is 0. The molecule has 21 heavy (non-hydrogen) atoms. The molecule has 0 radical (unpaired) electrons. The number of halogens is 4. The van der Waals surface area contributed by atoms with Crippen LogP contribution in [0, 0.1) is 5.82 Å². The Morgan fingerprint density at radius 3 is 2.71 bits per heavy atom. The average molecular weight is 388 g/mol. The van der Waals surface area contributed by atoms with Crippen LogP contribution in [-0.4, -0.2) is 9.55 Å². The summed E-state index contributed by atoms with van der Waals surface area (Å²) in [6.07, 6.45) is 0. The number of fused-ring (bicyclic) bond motifs is 1. The van der Waals surface area contributed by atoms with Gasteiger partial charge in [0.15, 0.2) is 0 Å². The van der Waals surface area contributed by atoms with Crippen LogP contribution in [0.4, 0.5) is 4.39 Å². The zero-order valence-corrected chi connectivity index (χ0v) is 13.9. The fourth-order valence-corrected chi connectivity index (χ4v) is 3.02. The fraction of sp³-hybridized carbons (Fsp3) is 0.133. The van der Waals surface area contributed by atoms with Gasteiger partial charge in [-0.3, -0.25) is 0 Å². The number of aromatic nitrogens is 2. The molecule has 0 fully saturated rings. The maximum absolute atomic E-state index is 13.6. The van der Waals surface area contributed by atoms with Crippen LogP contribution < -0.4 is 0 Å². The average Bonchev–Trinajstić information content (AvgIpc) is 2.79. The first-order chi connectivity index (χ1) is 10.1. The normalized spacial score (nSPS) is 11.2. The molecule has 0 amide bonds. The highest BCUT2D eigenvalue weighted by Gasteiger charge is 2.14. The highest BCUT2D eigenvalue weighted by atomic mass is 79.9. The van der Waals surface area contributed by atoms with Crippen molar-refractivity contribution in [3.63, 3.8) is 0 Å². The molecule has 3 aromatic rings. The van der Waals surface area contributed by atoms with E-state index in [-0.39, 0.29) is 10.9 Å². The zero-order valence-electron chi connectivity index (χ0n) is 10.8. The second kappa shape index (κ2) is 5.95. The Morgan fingerprint density at radius 2 is 2.00 bits per heavy atom. The molecule has 3 rings (SSSR count). The number of imidazole rings is 1. The lowest BCUT2D eigenvalue weighted by Gasteiger charge is -2.10. The van der Waals surface area contributed by atoms with E-state index < -0.39 is 5.82 Å². The van der Waals surface area contributed by atoms with Crippen LogP contribution in [0.25, 0.3) is 11.0 Å². The van der Waals surface area contributed by atoms with Crippen molar-refractivity contribution in [1.82, 2.24) is 9.55 Å². The Morgan fingerprint density at radius 1 is 1.24 bits per heavy atom. The summed E-state index contributed by atoms with van der Waals surface area (Å²) < 4.78 is 16.5. The molecular weight excluding hydrogens is 378 g/mol. The minimum atomic E-state index is -0.476. The SMILES string of the molecule is Fc1cc2nc(CCl)n(Cc3ccccc3Br)c2cc1Cl. The third kappa shape index (κ3) is 2.80.